The number of H-pyrrole nitrogens is 2. The molecule has 0 radical (unpaired) electrons. The summed E-state index contributed by atoms with van der Waals surface area (Å²) in [5, 5.41) is 13.7. The van der Waals surface area contributed by atoms with Crippen LogP contribution in [0.2, 0.25) is 0 Å². The van der Waals surface area contributed by atoms with Crippen molar-refractivity contribution in [3.05, 3.63) is 100 Å². The molecule has 150 valence electrons. The predicted molar refractivity (Wildman–Crippen MR) is 124 cm³/mol. The summed E-state index contributed by atoms with van der Waals surface area (Å²) in [6.45, 7) is 0. The Bertz CT molecular complexity index is 1480. The molecular formula is C24H17N5O2. The molecule has 5 aromatic rings. The molecule has 0 fully saturated rings. The second kappa shape index (κ2) is 7.72. The summed E-state index contributed by atoms with van der Waals surface area (Å²) in [4.78, 5) is 26.3. The lowest BCUT2D eigenvalue weighted by atomic mass is 10.2. The number of nitro groups is 1. The van der Waals surface area contributed by atoms with E-state index >= 15 is 0 Å². The first-order valence-corrected chi connectivity index (χ1v) is 9.68. The van der Waals surface area contributed by atoms with Crippen LogP contribution < -0.4 is 0 Å². The Balaban J connectivity index is 1.45. The van der Waals surface area contributed by atoms with Crippen molar-refractivity contribution in [3.63, 3.8) is 0 Å². The fourth-order valence-electron chi connectivity index (χ4n) is 3.53. The molecule has 31 heavy (non-hydrogen) atoms. The smallest absolute Gasteiger partial charge is 0.296 e. The van der Waals surface area contributed by atoms with Crippen LogP contribution in [-0.2, 0) is 0 Å². The fourth-order valence-corrected chi connectivity index (χ4v) is 3.53. The zero-order chi connectivity index (χ0) is 21.2. The van der Waals surface area contributed by atoms with Crippen LogP contribution in [0, 0.1) is 10.1 Å². The molecule has 0 amide bonds. The number of aromatic amines is 2. The van der Waals surface area contributed by atoms with Crippen molar-refractivity contribution < 1.29 is 4.92 Å². The van der Waals surface area contributed by atoms with Gasteiger partial charge in [-0.3, -0.25) is 15.1 Å². The lowest BCUT2D eigenvalue weighted by Gasteiger charge is -1.99. The Hall–Kier alpha value is -4.52. The molecule has 0 aliphatic carbocycles. The number of benzene rings is 3. The number of nitro benzene ring substituents is 1. The Kier molecular flexibility index (Phi) is 4.61. The normalized spacial score (nSPS) is 11.9. The van der Waals surface area contributed by atoms with Gasteiger partial charge in [-0.1, -0.05) is 36.4 Å². The largest absolute Gasteiger partial charge is 0.361 e. The van der Waals surface area contributed by atoms with Crippen LogP contribution in [0.15, 0.2) is 89.1 Å². The lowest BCUT2D eigenvalue weighted by Crippen LogP contribution is -1.89. The monoisotopic (exact) mass is 407 g/mol. The van der Waals surface area contributed by atoms with Gasteiger partial charge < -0.3 is 9.97 Å². The van der Waals surface area contributed by atoms with Gasteiger partial charge in [-0.05, 0) is 24.3 Å². The quantitative estimate of drug-likeness (QED) is 0.210. The highest BCUT2D eigenvalue weighted by atomic mass is 16.6. The maximum Gasteiger partial charge on any atom is 0.296 e. The van der Waals surface area contributed by atoms with Crippen LogP contribution >= 0.6 is 0 Å². The number of nitrogens with one attached hydrogen (secondary N) is 2. The highest BCUT2D eigenvalue weighted by Crippen LogP contribution is 2.32. The average molecular weight is 407 g/mol. The molecule has 0 bridgehead atoms. The van der Waals surface area contributed by atoms with Crippen LogP contribution in [0.1, 0.15) is 11.1 Å². The SMILES string of the molecule is O=[N+]([O-])c1cc(N=Cc2c[nH]c3ccccc23)ccc1N=Cc1c[nH]c2ccccc12. The molecule has 0 unspecified atom stereocenters. The first kappa shape index (κ1) is 18.5. The number of aromatic nitrogens is 2. The van der Waals surface area contributed by atoms with E-state index in [-0.39, 0.29) is 11.4 Å². The molecule has 0 saturated carbocycles. The number of hydrogen-bond acceptors (Lipinski definition) is 4. The van der Waals surface area contributed by atoms with Gasteiger partial charge in [0.25, 0.3) is 5.69 Å². The lowest BCUT2D eigenvalue weighted by molar-refractivity contribution is -0.384. The average Bonchev–Trinajstić information content (AvgIpc) is 3.40. The number of nitrogens with zero attached hydrogens (tertiary/aromatic N) is 3. The summed E-state index contributed by atoms with van der Waals surface area (Å²) >= 11 is 0. The van der Waals surface area contributed by atoms with Gasteiger partial charge in [-0.2, -0.15) is 0 Å². The molecule has 7 heteroatoms. The van der Waals surface area contributed by atoms with Gasteiger partial charge in [0.1, 0.15) is 5.69 Å². The Morgan fingerprint density at radius 1 is 0.774 bits per heavy atom. The van der Waals surface area contributed by atoms with E-state index in [1.165, 1.54) is 6.07 Å². The van der Waals surface area contributed by atoms with E-state index in [9.17, 15) is 10.1 Å². The molecular weight excluding hydrogens is 390 g/mol. The van der Waals surface area contributed by atoms with Gasteiger partial charge in [0, 0.05) is 63.8 Å². The fraction of sp³-hybridized carbons (Fsp3) is 0. The molecule has 0 aliphatic heterocycles. The van der Waals surface area contributed by atoms with Crippen LogP contribution in [0.25, 0.3) is 21.8 Å². The Labute approximate surface area is 177 Å². The van der Waals surface area contributed by atoms with E-state index in [2.05, 4.69) is 20.0 Å². The topological polar surface area (TPSA) is 99.4 Å². The van der Waals surface area contributed by atoms with E-state index < -0.39 is 4.92 Å². The Morgan fingerprint density at radius 2 is 1.35 bits per heavy atom. The van der Waals surface area contributed by atoms with Crippen molar-refractivity contribution in [3.8, 4) is 0 Å². The third-order valence-electron chi connectivity index (χ3n) is 5.09. The Morgan fingerprint density at radius 3 is 1.97 bits per heavy atom. The highest BCUT2D eigenvalue weighted by molar-refractivity contribution is 6.01. The number of aliphatic imine (C=N–C) groups is 2. The summed E-state index contributed by atoms with van der Waals surface area (Å²) in [6, 6.07) is 20.5. The molecule has 2 N–H and O–H groups in total. The molecule has 5 rings (SSSR count). The first-order chi connectivity index (χ1) is 15.2. The van der Waals surface area contributed by atoms with E-state index in [1.54, 1.807) is 24.6 Å². The maximum absolute atomic E-state index is 11.6. The van der Waals surface area contributed by atoms with Crippen molar-refractivity contribution >= 4 is 51.3 Å². The third kappa shape index (κ3) is 3.60. The van der Waals surface area contributed by atoms with Gasteiger partial charge in [0.2, 0.25) is 0 Å². The zero-order valence-corrected chi connectivity index (χ0v) is 16.3. The predicted octanol–water partition coefficient (Wildman–Crippen LogP) is 6.06. The third-order valence-corrected chi connectivity index (χ3v) is 5.09. The standard InChI is InChI=1S/C24H17N5O2/c30-29(31)24-11-18(25-12-16-13-26-21-7-3-1-5-19(16)21)9-10-23(24)28-15-17-14-27-22-8-4-2-6-20(17)22/h1-15,26-27H. The van der Waals surface area contributed by atoms with E-state index in [4.69, 9.17) is 0 Å². The maximum atomic E-state index is 11.6. The van der Waals surface area contributed by atoms with Crippen molar-refractivity contribution in [2.45, 2.75) is 0 Å². The molecule has 0 atom stereocenters. The van der Waals surface area contributed by atoms with Gasteiger partial charge in [-0.15, -0.1) is 0 Å². The summed E-state index contributed by atoms with van der Waals surface area (Å²) in [5.41, 5.74) is 4.46. The minimum Gasteiger partial charge on any atom is -0.361 e. The molecule has 0 spiro atoms. The first-order valence-electron chi connectivity index (χ1n) is 9.68. The van der Waals surface area contributed by atoms with Crippen LogP contribution in [0.4, 0.5) is 17.1 Å². The van der Waals surface area contributed by atoms with Crippen LogP contribution in [0.5, 0.6) is 0 Å². The molecule has 7 nitrogen and oxygen atoms in total. The molecule has 0 aliphatic rings. The number of hydrogen-bond donors (Lipinski definition) is 2. The zero-order valence-electron chi connectivity index (χ0n) is 16.3. The van der Waals surface area contributed by atoms with Crippen LogP contribution in [-0.4, -0.2) is 27.3 Å². The second-order valence-corrected chi connectivity index (χ2v) is 7.03. The van der Waals surface area contributed by atoms with E-state index in [1.807, 2.05) is 60.9 Å². The van der Waals surface area contributed by atoms with Crippen molar-refractivity contribution in [1.82, 2.24) is 9.97 Å². The molecule has 2 heterocycles. The number of rotatable bonds is 5. The summed E-state index contributed by atoms with van der Waals surface area (Å²) in [7, 11) is 0. The summed E-state index contributed by atoms with van der Waals surface area (Å²) < 4.78 is 0. The number of para-hydroxylation sites is 2. The summed E-state index contributed by atoms with van der Waals surface area (Å²) in [5.74, 6) is 0. The van der Waals surface area contributed by atoms with Crippen LogP contribution in [0.3, 0.4) is 0 Å². The van der Waals surface area contributed by atoms with E-state index in [0.717, 1.165) is 32.9 Å². The highest BCUT2D eigenvalue weighted by Gasteiger charge is 2.14. The summed E-state index contributed by atoms with van der Waals surface area (Å²) in [6.07, 6.45) is 7.03. The minimum absolute atomic E-state index is 0.0929. The number of fused-ring (bicyclic) bond motifs is 2. The van der Waals surface area contributed by atoms with Gasteiger partial charge in [0.15, 0.2) is 0 Å². The van der Waals surface area contributed by atoms with Gasteiger partial charge >= 0.3 is 0 Å². The van der Waals surface area contributed by atoms with E-state index in [0.29, 0.717) is 5.69 Å². The minimum atomic E-state index is -0.438. The van der Waals surface area contributed by atoms with Gasteiger partial charge in [0.05, 0.1) is 10.6 Å². The van der Waals surface area contributed by atoms with Crippen molar-refractivity contribution in [2.75, 3.05) is 0 Å². The second-order valence-electron chi connectivity index (χ2n) is 7.03. The van der Waals surface area contributed by atoms with Crippen molar-refractivity contribution in [2.24, 2.45) is 9.98 Å². The molecule has 3 aromatic carbocycles. The molecule has 0 saturated heterocycles. The van der Waals surface area contributed by atoms with Crippen molar-refractivity contribution in [1.29, 1.82) is 0 Å². The van der Waals surface area contributed by atoms with Gasteiger partial charge in [-0.25, -0.2) is 4.99 Å². The molecule has 2 aromatic heterocycles.